The van der Waals surface area contributed by atoms with Gasteiger partial charge in [-0.05, 0) is 25.0 Å². The maximum atomic E-state index is 12.2. The van der Waals surface area contributed by atoms with Crippen LogP contribution < -0.4 is 14.8 Å². The van der Waals surface area contributed by atoms with Crippen LogP contribution in [0.4, 0.5) is 11.4 Å². The second-order valence-electron chi connectivity index (χ2n) is 4.70. The Kier molecular flexibility index (Phi) is 4.26. The Morgan fingerprint density at radius 2 is 2.00 bits per heavy atom. The third kappa shape index (κ3) is 2.90. The summed E-state index contributed by atoms with van der Waals surface area (Å²) >= 11 is 0. The first-order valence-electron chi connectivity index (χ1n) is 6.47. The number of carbonyl (C=O) groups excluding carboxylic acids is 1. The SMILES string of the molecule is COC(=O)c1cc(N)c(OC)c(N2CCCCS2(=O)=O)c1. The number of esters is 1. The fourth-order valence-electron chi connectivity index (χ4n) is 2.34. The molecule has 0 radical (unpaired) electrons. The van der Waals surface area contributed by atoms with E-state index in [0.717, 1.165) is 6.42 Å². The molecule has 1 heterocycles. The topological polar surface area (TPSA) is 98.9 Å². The molecular weight excluding hydrogens is 296 g/mol. The summed E-state index contributed by atoms with van der Waals surface area (Å²) in [5.74, 6) is -0.272. The van der Waals surface area contributed by atoms with E-state index in [-0.39, 0.29) is 28.4 Å². The lowest BCUT2D eigenvalue weighted by molar-refractivity contribution is 0.0601. The Labute approximate surface area is 123 Å². The molecule has 1 aliphatic heterocycles. The monoisotopic (exact) mass is 314 g/mol. The van der Waals surface area contributed by atoms with Crippen LogP contribution in [0.5, 0.6) is 5.75 Å². The zero-order chi connectivity index (χ0) is 15.6. The molecule has 21 heavy (non-hydrogen) atoms. The molecule has 0 bridgehead atoms. The van der Waals surface area contributed by atoms with E-state index < -0.39 is 16.0 Å². The zero-order valence-electron chi connectivity index (χ0n) is 12.0. The van der Waals surface area contributed by atoms with Crippen molar-refractivity contribution < 1.29 is 22.7 Å². The van der Waals surface area contributed by atoms with Crippen LogP contribution in [0.1, 0.15) is 23.2 Å². The summed E-state index contributed by atoms with van der Waals surface area (Å²) in [6.07, 6.45) is 1.36. The summed E-state index contributed by atoms with van der Waals surface area (Å²) < 4.78 is 35.6. The first kappa shape index (κ1) is 15.4. The predicted octanol–water partition coefficient (Wildman–Crippen LogP) is 0.994. The Morgan fingerprint density at radius 1 is 1.29 bits per heavy atom. The van der Waals surface area contributed by atoms with Crippen LogP contribution in [-0.2, 0) is 14.8 Å². The van der Waals surface area contributed by atoms with Crippen LogP contribution in [0.2, 0.25) is 0 Å². The van der Waals surface area contributed by atoms with Gasteiger partial charge < -0.3 is 15.2 Å². The highest BCUT2D eigenvalue weighted by Crippen LogP contribution is 2.38. The third-order valence-corrected chi connectivity index (χ3v) is 5.20. The lowest BCUT2D eigenvalue weighted by atomic mass is 10.1. The van der Waals surface area contributed by atoms with Crippen LogP contribution in [0.15, 0.2) is 12.1 Å². The van der Waals surface area contributed by atoms with Crippen molar-refractivity contribution in [2.45, 2.75) is 12.8 Å². The number of methoxy groups -OCH3 is 2. The standard InChI is InChI=1S/C13H18N2O5S/c1-19-12-10(14)7-9(13(16)20-2)8-11(12)15-5-3-4-6-21(15,17)18/h7-8H,3-6,14H2,1-2H3. The molecule has 1 aliphatic rings. The molecule has 2 rings (SSSR count). The molecule has 1 fully saturated rings. The van der Waals surface area contributed by atoms with Gasteiger partial charge in [-0.15, -0.1) is 0 Å². The normalized spacial score (nSPS) is 17.3. The number of hydrogen-bond acceptors (Lipinski definition) is 6. The number of hydrogen-bond donors (Lipinski definition) is 1. The van der Waals surface area contributed by atoms with Crippen molar-refractivity contribution in [1.82, 2.24) is 0 Å². The summed E-state index contributed by atoms with van der Waals surface area (Å²) in [5, 5.41) is 0. The summed E-state index contributed by atoms with van der Waals surface area (Å²) in [7, 11) is -0.773. The van der Waals surface area contributed by atoms with E-state index in [1.165, 1.54) is 30.7 Å². The first-order valence-corrected chi connectivity index (χ1v) is 8.08. The van der Waals surface area contributed by atoms with E-state index >= 15 is 0 Å². The van der Waals surface area contributed by atoms with Crippen molar-refractivity contribution in [1.29, 1.82) is 0 Å². The summed E-state index contributed by atoms with van der Waals surface area (Å²) in [5.41, 5.74) is 6.52. The summed E-state index contributed by atoms with van der Waals surface area (Å²) in [6, 6.07) is 2.84. The van der Waals surface area contributed by atoms with E-state index in [0.29, 0.717) is 13.0 Å². The number of rotatable bonds is 3. The van der Waals surface area contributed by atoms with Gasteiger partial charge >= 0.3 is 5.97 Å². The first-order chi connectivity index (χ1) is 9.90. The number of nitrogen functional groups attached to an aromatic ring is 1. The van der Waals surface area contributed by atoms with Gasteiger partial charge in [0.05, 0.1) is 36.9 Å². The Morgan fingerprint density at radius 3 is 2.57 bits per heavy atom. The van der Waals surface area contributed by atoms with Crippen LogP contribution in [0.25, 0.3) is 0 Å². The number of ether oxygens (including phenoxy) is 2. The van der Waals surface area contributed by atoms with E-state index in [1.54, 1.807) is 0 Å². The molecule has 1 aromatic rings. The maximum absolute atomic E-state index is 12.2. The van der Waals surface area contributed by atoms with E-state index in [2.05, 4.69) is 4.74 Å². The van der Waals surface area contributed by atoms with Crippen molar-refractivity contribution in [2.24, 2.45) is 0 Å². The third-order valence-electron chi connectivity index (χ3n) is 3.34. The van der Waals surface area contributed by atoms with Gasteiger partial charge in [-0.2, -0.15) is 0 Å². The molecule has 0 saturated carbocycles. The fraction of sp³-hybridized carbons (Fsp3) is 0.462. The van der Waals surface area contributed by atoms with Crippen LogP contribution in [0, 0.1) is 0 Å². The van der Waals surface area contributed by atoms with E-state index in [1.807, 2.05) is 0 Å². The molecule has 8 heteroatoms. The highest BCUT2D eigenvalue weighted by atomic mass is 32.2. The minimum absolute atomic E-state index is 0.0680. The molecule has 2 N–H and O–H groups in total. The number of anilines is 2. The average molecular weight is 314 g/mol. The Balaban J connectivity index is 2.60. The molecule has 0 atom stereocenters. The zero-order valence-corrected chi connectivity index (χ0v) is 12.8. The molecule has 0 aromatic heterocycles. The van der Waals surface area contributed by atoms with Crippen molar-refractivity contribution in [3.63, 3.8) is 0 Å². The minimum Gasteiger partial charge on any atom is -0.492 e. The fourth-order valence-corrected chi connectivity index (χ4v) is 3.97. The lowest BCUT2D eigenvalue weighted by Crippen LogP contribution is -2.38. The quantitative estimate of drug-likeness (QED) is 0.660. The van der Waals surface area contributed by atoms with Gasteiger partial charge in [-0.1, -0.05) is 0 Å². The van der Waals surface area contributed by atoms with Crippen molar-refractivity contribution in [3.05, 3.63) is 17.7 Å². The second kappa shape index (κ2) is 5.80. The van der Waals surface area contributed by atoms with Gasteiger partial charge in [-0.3, -0.25) is 4.31 Å². The minimum atomic E-state index is -3.43. The van der Waals surface area contributed by atoms with Crippen LogP contribution >= 0.6 is 0 Å². The number of nitrogens with two attached hydrogens (primary N) is 1. The number of benzene rings is 1. The van der Waals surface area contributed by atoms with Gasteiger partial charge in [0, 0.05) is 6.54 Å². The molecule has 0 amide bonds. The van der Waals surface area contributed by atoms with Gasteiger partial charge in [0.2, 0.25) is 10.0 Å². The van der Waals surface area contributed by atoms with E-state index in [4.69, 9.17) is 10.5 Å². The van der Waals surface area contributed by atoms with Gasteiger partial charge in [-0.25, -0.2) is 13.2 Å². The molecule has 116 valence electrons. The Bertz CT molecular complexity index is 657. The second-order valence-corrected chi connectivity index (χ2v) is 6.72. The van der Waals surface area contributed by atoms with E-state index in [9.17, 15) is 13.2 Å². The predicted molar refractivity (Wildman–Crippen MR) is 79.1 cm³/mol. The van der Waals surface area contributed by atoms with Crippen molar-refractivity contribution in [3.8, 4) is 5.75 Å². The van der Waals surface area contributed by atoms with Crippen LogP contribution in [0.3, 0.4) is 0 Å². The lowest BCUT2D eigenvalue weighted by Gasteiger charge is -2.30. The molecular formula is C13H18N2O5S. The largest absolute Gasteiger partial charge is 0.492 e. The molecule has 0 unspecified atom stereocenters. The van der Waals surface area contributed by atoms with Gasteiger partial charge in [0.15, 0.2) is 5.75 Å². The Hall–Kier alpha value is -1.96. The maximum Gasteiger partial charge on any atom is 0.338 e. The molecule has 1 saturated heterocycles. The molecule has 0 aliphatic carbocycles. The van der Waals surface area contributed by atoms with Crippen molar-refractivity contribution >= 4 is 27.4 Å². The van der Waals surface area contributed by atoms with Gasteiger partial charge in [0.1, 0.15) is 0 Å². The number of carbonyl (C=O) groups is 1. The molecule has 1 aromatic carbocycles. The van der Waals surface area contributed by atoms with Crippen LogP contribution in [-0.4, -0.2) is 40.9 Å². The summed E-state index contributed by atoms with van der Waals surface area (Å²) in [4.78, 5) is 11.7. The van der Waals surface area contributed by atoms with Crippen molar-refractivity contribution in [2.75, 3.05) is 36.6 Å². The number of nitrogens with zero attached hydrogens (tertiary/aromatic N) is 1. The average Bonchev–Trinajstić information content (AvgIpc) is 2.45. The van der Waals surface area contributed by atoms with Gasteiger partial charge in [0.25, 0.3) is 0 Å². The highest BCUT2D eigenvalue weighted by Gasteiger charge is 2.30. The smallest absolute Gasteiger partial charge is 0.338 e. The highest BCUT2D eigenvalue weighted by molar-refractivity contribution is 7.92. The number of sulfonamides is 1. The summed E-state index contributed by atoms with van der Waals surface area (Å²) in [6.45, 7) is 0.336. The molecule has 7 nitrogen and oxygen atoms in total. The molecule has 0 spiro atoms.